The smallest absolute Gasteiger partial charge is 0.284 e. The van der Waals surface area contributed by atoms with Crippen LogP contribution in [0.3, 0.4) is 0 Å². The average Bonchev–Trinajstić information content (AvgIpc) is 2.75. The molecular formula is C7H7NO3S. The van der Waals surface area contributed by atoms with Crippen LogP contribution in [0.1, 0.15) is 12.0 Å². The Kier molecular flexibility index (Phi) is 1.87. The van der Waals surface area contributed by atoms with Crippen LogP contribution in [0, 0.1) is 0 Å². The van der Waals surface area contributed by atoms with Crippen molar-refractivity contribution < 1.29 is 14.2 Å². The molecule has 64 valence electrons. The van der Waals surface area contributed by atoms with Crippen molar-refractivity contribution in [3.8, 4) is 5.19 Å². The Morgan fingerprint density at radius 3 is 2.83 bits per heavy atom. The highest BCUT2D eigenvalue weighted by molar-refractivity contribution is 7.11. The van der Waals surface area contributed by atoms with Crippen LogP contribution in [-0.4, -0.2) is 12.1 Å². The van der Waals surface area contributed by atoms with Crippen molar-refractivity contribution in [2.45, 2.75) is 6.29 Å². The minimum absolute atomic E-state index is 0.398. The third-order valence-electron chi connectivity index (χ3n) is 1.38. The molecule has 2 heterocycles. The lowest BCUT2D eigenvalue weighted by Gasteiger charge is -2.05. The lowest BCUT2D eigenvalue weighted by molar-refractivity contribution is -0.0277. The summed E-state index contributed by atoms with van der Waals surface area (Å²) in [5, 5.41) is 2.46. The first-order chi connectivity index (χ1) is 5.90. The number of hydrogen-bond acceptors (Lipinski definition) is 5. The summed E-state index contributed by atoms with van der Waals surface area (Å²) < 4.78 is 15.1. The predicted molar refractivity (Wildman–Crippen MR) is 42.7 cm³/mol. The second kappa shape index (κ2) is 3.02. The van der Waals surface area contributed by atoms with Crippen LogP contribution < -0.4 is 4.74 Å². The second-order valence-electron chi connectivity index (χ2n) is 2.12. The molecule has 12 heavy (non-hydrogen) atoms. The molecule has 1 aliphatic rings. The summed E-state index contributed by atoms with van der Waals surface area (Å²) in [7, 11) is 1.58. The van der Waals surface area contributed by atoms with Gasteiger partial charge in [-0.2, -0.15) is 4.98 Å². The Hall–Kier alpha value is -1.23. The molecular weight excluding hydrogens is 178 g/mol. The van der Waals surface area contributed by atoms with Gasteiger partial charge < -0.3 is 14.2 Å². The number of ether oxygens (including phenoxy) is 3. The van der Waals surface area contributed by atoms with Crippen molar-refractivity contribution in [2.75, 3.05) is 7.11 Å². The summed E-state index contributed by atoms with van der Waals surface area (Å²) >= 11 is 1.42. The second-order valence-corrected chi connectivity index (χ2v) is 2.94. The molecule has 0 atom stereocenters. The monoisotopic (exact) mass is 185 g/mol. The zero-order valence-electron chi connectivity index (χ0n) is 6.39. The number of methoxy groups -OCH3 is 1. The Balaban J connectivity index is 2.12. The number of hydrogen-bond donors (Lipinski definition) is 0. The fraction of sp³-hybridized carbons (Fsp3) is 0.286. The third kappa shape index (κ3) is 1.23. The van der Waals surface area contributed by atoms with Crippen molar-refractivity contribution >= 4 is 11.3 Å². The van der Waals surface area contributed by atoms with Crippen LogP contribution in [-0.2, 0) is 9.47 Å². The summed E-state index contributed by atoms with van der Waals surface area (Å²) in [5.74, 6) is 0. The van der Waals surface area contributed by atoms with Crippen LogP contribution in [0.2, 0.25) is 0 Å². The normalized spacial score (nSPS) is 15.8. The molecule has 2 rings (SSSR count). The largest absolute Gasteiger partial charge is 0.473 e. The summed E-state index contributed by atoms with van der Waals surface area (Å²) in [4.78, 5) is 4.12. The summed E-state index contributed by atoms with van der Waals surface area (Å²) in [6, 6.07) is 0. The highest BCUT2D eigenvalue weighted by atomic mass is 32.1. The molecule has 0 aliphatic carbocycles. The van der Waals surface area contributed by atoms with Crippen molar-refractivity contribution in [2.24, 2.45) is 0 Å². The highest BCUT2D eigenvalue weighted by Gasteiger charge is 2.18. The lowest BCUT2D eigenvalue weighted by atomic mass is 10.5. The van der Waals surface area contributed by atoms with Gasteiger partial charge in [-0.25, -0.2) is 0 Å². The molecule has 0 unspecified atom stereocenters. The van der Waals surface area contributed by atoms with Crippen molar-refractivity contribution in [1.82, 2.24) is 4.98 Å². The van der Waals surface area contributed by atoms with E-state index in [9.17, 15) is 0 Å². The van der Waals surface area contributed by atoms with Gasteiger partial charge in [-0.3, -0.25) is 0 Å². The van der Waals surface area contributed by atoms with Gasteiger partial charge in [-0.05, 0) is 0 Å². The minimum atomic E-state index is -0.398. The lowest BCUT2D eigenvalue weighted by Crippen LogP contribution is -1.97. The van der Waals surface area contributed by atoms with E-state index in [1.54, 1.807) is 7.11 Å². The van der Waals surface area contributed by atoms with Gasteiger partial charge in [-0.15, -0.1) is 0 Å². The maximum absolute atomic E-state index is 5.08. The van der Waals surface area contributed by atoms with E-state index in [1.807, 2.05) is 5.38 Å². The van der Waals surface area contributed by atoms with Crippen LogP contribution >= 0.6 is 11.3 Å². The SMILES string of the molecule is COc1nc(C2OC=CO2)cs1. The van der Waals surface area contributed by atoms with Gasteiger partial charge in [0.05, 0.1) is 7.11 Å². The Morgan fingerprint density at radius 1 is 1.50 bits per heavy atom. The van der Waals surface area contributed by atoms with Crippen LogP contribution in [0.5, 0.6) is 5.19 Å². The van der Waals surface area contributed by atoms with E-state index in [0.717, 1.165) is 5.69 Å². The van der Waals surface area contributed by atoms with Gasteiger partial charge in [0.1, 0.15) is 18.2 Å². The highest BCUT2D eigenvalue weighted by Crippen LogP contribution is 2.27. The van der Waals surface area contributed by atoms with Gasteiger partial charge in [0.15, 0.2) is 0 Å². The van der Waals surface area contributed by atoms with Gasteiger partial charge in [0.2, 0.25) is 0 Å². The van der Waals surface area contributed by atoms with Crippen LogP contribution in [0.25, 0.3) is 0 Å². The van der Waals surface area contributed by atoms with E-state index >= 15 is 0 Å². The summed E-state index contributed by atoms with van der Waals surface area (Å²) in [6.07, 6.45) is 2.60. The van der Waals surface area contributed by atoms with E-state index < -0.39 is 6.29 Å². The van der Waals surface area contributed by atoms with Gasteiger partial charge in [-0.1, -0.05) is 11.3 Å². The van der Waals surface area contributed by atoms with E-state index in [4.69, 9.17) is 14.2 Å². The molecule has 5 heteroatoms. The standard InChI is InChI=1S/C7H7NO3S/c1-9-7-8-5(4-12-7)6-10-2-3-11-6/h2-4,6H,1H3. The van der Waals surface area contributed by atoms with Crippen LogP contribution in [0.4, 0.5) is 0 Å². The maximum atomic E-state index is 5.08. The zero-order chi connectivity index (χ0) is 8.39. The minimum Gasteiger partial charge on any atom is -0.473 e. The van der Waals surface area contributed by atoms with Gasteiger partial charge in [0.25, 0.3) is 11.5 Å². The first kappa shape index (κ1) is 7.42. The molecule has 4 nitrogen and oxygen atoms in total. The first-order valence-corrected chi connectivity index (χ1v) is 4.23. The Morgan fingerprint density at radius 2 is 2.25 bits per heavy atom. The van der Waals surface area contributed by atoms with E-state index in [1.165, 1.54) is 23.9 Å². The molecule has 0 saturated heterocycles. The molecule has 1 aromatic heterocycles. The van der Waals surface area contributed by atoms with Gasteiger partial charge >= 0.3 is 0 Å². The molecule has 0 fully saturated rings. The fourth-order valence-electron chi connectivity index (χ4n) is 0.849. The topological polar surface area (TPSA) is 40.6 Å². The molecule has 0 spiro atoms. The Bertz CT molecular complexity index is 289. The third-order valence-corrected chi connectivity index (χ3v) is 2.20. The number of nitrogens with zero attached hydrogens (tertiary/aromatic N) is 1. The van der Waals surface area contributed by atoms with E-state index in [-0.39, 0.29) is 0 Å². The molecule has 0 aromatic carbocycles. The molecule has 0 N–H and O–H groups in total. The van der Waals surface area contributed by atoms with E-state index in [0.29, 0.717) is 5.19 Å². The quantitative estimate of drug-likeness (QED) is 0.702. The van der Waals surface area contributed by atoms with Crippen molar-refractivity contribution in [3.63, 3.8) is 0 Å². The van der Waals surface area contributed by atoms with Gasteiger partial charge in [0, 0.05) is 5.38 Å². The Labute approximate surface area is 73.4 Å². The zero-order valence-corrected chi connectivity index (χ0v) is 7.21. The molecule has 0 bridgehead atoms. The van der Waals surface area contributed by atoms with Crippen molar-refractivity contribution in [3.05, 3.63) is 23.6 Å². The number of aromatic nitrogens is 1. The maximum Gasteiger partial charge on any atom is 0.284 e. The number of thiazole rings is 1. The fourth-order valence-corrected chi connectivity index (χ4v) is 1.49. The molecule has 0 amide bonds. The first-order valence-electron chi connectivity index (χ1n) is 3.35. The summed E-state index contributed by atoms with van der Waals surface area (Å²) in [5.41, 5.74) is 0.738. The summed E-state index contributed by atoms with van der Waals surface area (Å²) in [6.45, 7) is 0. The van der Waals surface area contributed by atoms with Crippen molar-refractivity contribution in [1.29, 1.82) is 0 Å². The molecule has 0 saturated carbocycles. The van der Waals surface area contributed by atoms with Crippen LogP contribution in [0.15, 0.2) is 17.9 Å². The van der Waals surface area contributed by atoms with E-state index in [2.05, 4.69) is 4.98 Å². The molecule has 1 aliphatic heterocycles. The average molecular weight is 185 g/mol. The number of rotatable bonds is 2. The molecule has 0 radical (unpaired) electrons. The predicted octanol–water partition coefficient (Wildman–Crippen LogP) is 1.67. The molecule has 1 aromatic rings.